The minimum Gasteiger partial charge on any atom is -0.396 e. The summed E-state index contributed by atoms with van der Waals surface area (Å²) in [5.74, 6) is 4.06. The van der Waals surface area contributed by atoms with Crippen LogP contribution in [0, 0.1) is 46.3 Å². The molecule has 0 heterocycles. The highest BCUT2D eigenvalue weighted by Gasteiger charge is 2.59. The fraction of sp³-hybridized carbons (Fsp3) is 0.857. The first-order valence-corrected chi connectivity index (χ1v) is 12.9. The number of hydrogen-bond acceptors (Lipinski definition) is 2. The molecule has 5 unspecified atom stereocenters. The van der Waals surface area contributed by atoms with Crippen molar-refractivity contribution in [3.8, 4) is 0 Å². The lowest BCUT2D eigenvalue weighted by molar-refractivity contribution is -0.0621. The van der Waals surface area contributed by atoms with Gasteiger partial charge in [0.05, 0.1) is 6.10 Å². The molecule has 0 aliphatic heterocycles. The first kappa shape index (κ1) is 22.6. The third kappa shape index (κ3) is 3.64. The van der Waals surface area contributed by atoms with E-state index in [1.54, 1.807) is 5.57 Å². The van der Waals surface area contributed by atoms with Crippen molar-refractivity contribution in [3.63, 3.8) is 0 Å². The molecule has 3 fully saturated rings. The second kappa shape index (κ2) is 8.39. The molecule has 4 aliphatic carbocycles. The molecule has 30 heavy (non-hydrogen) atoms. The fourth-order valence-corrected chi connectivity index (χ4v) is 8.54. The van der Waals surface area contributed by atoms with Gasteiger partial charge in [-0.05, 0) is 111 Å². The van der Waals surface area contributed by atoms with E-state index in [2.05, 4.69) is 40.3 Å². The van der Waals surface area contributed by atoms with Crippen molar-refractivity contribution in [3.05, 3.63) is 23.8 Å². The van der Waals surface area contributed by atoms with Crippen molar-refractivity contribution in [2.24, 2.45) is 46.3 Å². The summed E-state index contributed by atoms with van der Waals surface area (Å²) in [6, 6.07) is 0. The molecule has 0 aromatic heterocycles. The Labute approximate surface area is 185 Å². The minimum atomic E-state index is -0.114. The lowest BCUT2D eigenvalue weighted by Gasteiger charge is -2.58. The average Bonchev–Trinajstić information content (AvgIpc) is 3.06. The zero-order chi connectivity index (χ0) is 21.7. The molecule has 170 valence electrons. The Morgan fingerprint density at radius 2 is 1.90 bits per heavy atom. The molecule has 2 N–H and O–H groups in total. The quantitative estimate of drug-likeness (QED) is 0.485. The maximum atomic E-state index is 10.3. The van der Waals surface area contributed by atoms with E-state index in [9.17, 15) is 10.2 Å². The van der Waals surface area contributed by atoms with Gasteiger partial charge in [0.25, 0.3) is 0 Å². The number of allylic oxidation sites excluding steroid dienone is 2. The monoisotopic (exact) mass is 414 g/mol. The van der Waals surface area contributed by atoms with E-state index in [4.69, 9.17) is 0 Å². The second-order valence-corrected chi connectivity index (χ2v) is 12.2. The number of fused-ring (bicyclic) bond motifs is 5. The Bertz CT molecular complexity index is 678. The van der Waals surface area contributed by atoms with Crippen molar-refractivity contribution in [2.75, 3.05) is 6.61 Å². The Morgan fingerprint density at radius 1 is 1.13 bits per heavy atom. The maximum absolute atomic E-state index is 10.3. The van der Waals surface area contributed by atoms with Crippen LogP contribution >= 0.6 is 0 Å². The van der Waals surface area contributed by atoms with Crippen LogP contribution in [0.1, 0.15) is 91.9 Å². The van der Waals surface area contributed by atoms with Gasteiger partial charge in [0.1, 0.15) is 0 Å². The predicted molar refractivity (Wildman–Crippen MR) is 125 cm³/mol. The SMILES string of the molecule is C=C(CCC(CO)[C@H]1CCC2C3CC=C4CC(O)CC[C@]4(C)C3CC[C@@]21C)C(C)C. The second-order valence-electron chi connectivity index (χ2n) is 12.2. The van der Waals surface area contributed by atoms with Gasteiger partial charge in [-0.3, -0.25) is 0 Å². The van der Waals surface area contributed by atoms with Crippen LogP contribution in [0.15, 0.2) is 23.8 Å². The topological polar surface area (TPSA) is 40.5 Å². The molecule has 3 saturated carbocycles. The van der Waals surface area contributed by atoms with Crippen molar-refractivity contribution in [2.45, 2.75) is 98.0 Å². The average molecular weight is 415 g/mol. The van der Waals surface area contributed by atoms with E-state index in [1.807, 2.05) is 0 Å². The molecule has 2 nitrogen and oxygen atoms in total. The van der Waals surface area contributed by atoms with Crippen LogP contribution in [0.4, 0.5) is 0 Å². The van der Waals surface area contributed by atoms with E-state index < -0.39 is 0 Å². The molecule has 0 aromatic rings. The molecule has 2 heteroatoms. The van der Waals surface area contributed by atoms with Crippen molar-refractivity contribution in [1.29, 1.82) is 0 Å². The van der Waals surface area contributed by atoms with Gasteiger partial charge in [0.2, 0.25) is 0 Å². The van der Waals surface area contributed by atoms with Gasteiger partial charge in [0.15, 0.2) is 0 Å². The number of aliphatic hydroxyl groups is 2. The van der Waals surface area contributed by atoms with Crippen LogP contribution in [-0.4, -0.2) is 22.9 Å². The van der Waals surface area contributed by atoms with Crippen LogP contribution in [0.2, 0.25) is 0 Å². The van der Waals surface area contributed by atoms with Crippen LogP contribution in [-0.2, 0) is 0 Å². The highest BCUT2D eigenvalue weighted by atomic mass is 16.3. The first-order valence-electron chi connectivity index (χ1n) is 12.9. The normalized spacial score (nSPS) is 44.1. The fourth-order valence-electron chi connectivity index (χ4n) is 8.54. The Kier molecular flexibility index (Phi) is 6.32. The molecule has 0 spiro atoms. The van der Waals surface area contributed by atoms with Crippen molar-refractivity contribution >= 4 is 0 Å². The highest BCUT2D eigenvalue weighted by molar-refractivity contribution is 5.25. The molecule has 0 amide bonds. The largest absolute Gasteiger partial charge is 0.396 e. The highest BCUT2D eigenvalue weighted by Crippen LogP contribution is 2.67. The van der Waals surface area contributed by atoms with Crippen molar-refractivity contribution < 1.29 is 10.2 Å². The first-order chi connectivity index (χ1) is 14.2. The molecule has 8 atom stereocenters. The van der Waals surface area contributed by atoms with Crippen LogP contribution < -0.4 is 0 Å². The maximum Gasteiger partial charge on any atom is 0.0577 e. The van der Waals surface area contributed by atoms with Crippen LogP contribution in [0.25, 0.3) is 0 Å². The summed E-state index contributed by atoms with van der Waals surface area (Å²) in [6.45, 7) is 14.2. The van der Waals surface area contributed by atoms with Gasteiger partial charge in [0, 0.05) is 6.61 Å². The summed E-state index contributed by atoms with van der Waals surface area (Å²) < 4.78 is 0. The molecule has 0 saturated heterocycles. The minimum absolute atomic E-state index is 0.114. The molecule has 0 radical (unpaired) electrons. The molecule has 0 aromatic carbocycles. The molecular formula is C28H46O2. The van der Waals surface area contributed by atoms with Crippen molar-refractivity contribution in [1.82, 2.24) is 0 Å². The Balaban J connectivity index is 1.51. The Hall–Kier alpha value is -0.600. The lowest BCUT2D eigenvalue weighted by Crippen LogP contribution is -2.51. The van der Waals surface area contributed by atoms with Gasteiger partial charge < -0.3 is 10.2 Å². The van der Waals surface area contributed by atoms with Crippen LogP contribution in [0.5, 0.6) is 0 Å². The van der Waals surface area contributed by atoms with Crippen LogP contribution in [0.3, 0.4) is 0 Å². The summed E-state index contributed by atoms with van der Waals surface area (Å²) in [7, 11) is 0. The van der Waals surface area contributed by atoms with E-state index in [0.717, 1.165) is 43.4 Å². The van der Waals surface area contributed by atoms with Gasteiger partial charge in [-0.15, -0.1) is 0 Å². The predicted octanol–water partition coefficient (Wildman–Crippen LogP) is 6.53. The Morgan fingerprint density at radius 3 is 2.60 bits per heavy atom. The summed E-state index contributed by atoms with van der Waals surface area (Å²) in [5.41, 5.74) is 3.63. The van der Waals surface area contributed by atoms with Gasteiger partial charge in [-0.25, -0.2) is 0 Å². The molecule has 4 rings (SSSR count). The zero-order valence-corrected chi connectivity index (χ0v) is 20.0. The zero-order valence-electron chi connectivity index (χ0n) is 20.0. The van der Waals surface area contributed by atoms with E-state index in [-0.39, 0.29) is 6.10 Å². The molecular weight excluding hydrogens is 368 g/mol. The third-order valence-electron chi connectivity index (χ3n) is 10.6. The number of aliphatic hydroxyl groups excluding tert-OH is 2. The van der Waals surface area contributed by atoms with Gasteiger partial charge >= 0.3 is 0 Å². The number of hydrogen-bond donors (Lipinski definition) is 2. The van der Waals surface area contributed by atoms with Gasteiger partial charge in [-0.1, -0.05) is 51.5 Å². The summed E-state index contributed by atoms with van der Waals surface area (Å²) >= 11 is 0. The smallest absolute Gasteiger partial charge is 0.0577 e. The summed E-state index contributed by atoms with van der Waals surface area (Å²) in [5, 5.41) is 20.6. The number of rotatable bonds is 6. The van der Waals surface area contributed by atoms with E-state index >= 15 is 0 Å². The lowest BCUT2D eigenvalue weighted by atomic mass is 9.47. The van der Waals surface area contributed by atoms with E-state index in [0.29, 0.717) is 35.2 Å². The summed E-state index contributed by atoms with van der Waals surface area (Å²) in [4.78, 5) is 0. The third-order valence-corrected chi connectivity index (χ3v) is 10.6. The molecule has 4 aliphatic rings. The standard InChI is InChI=1S/C28H46O2/c1-18(2)19(3)6-7-20(17-29)24-10-11-25-23-9-8-21-16-22(30)12-14-27(21,4)26(23)13-15-28(24,25)5/h8,18,20,22-26,29-30H,3,6-7,9-17H2,1-2,4-5H3/t20?,22?,23?,24-,25?,26?,27+,28-/m1/s1. The molecule has 0 bridgehead atoms. The van der Waals surface area contributed by atoms with E-state index in [1.165, 1.54) is 44.1 Å². The summed E-state index contributed by atoms with van der Waals surface area (Å²) in [6.07, 6.45) is 14.2. The van der Waals surface area contributed by atoms with Gasteiger partial charge in [-0.2, -0.15) is 0 Å².